The minimum absolute atomic E-state index is 0.00939. The third kappa shape index (κ3) is 5.10. The van der Waals surface area contributed by atoms with Crippen molar-refractivity contribution in [1.82, 2.24) is 5.32 Å². The smallest absolute Gasteiger partial charge is 0.407 e. The fourth-order valence-electron chi connectivity index (χ4n) is 2.03. The van der Waals surface area contributed by atoms with E-state index in [-0.39, 0.29) is 6.10 Å². The summed E-state index contributed by atoms with van der Waals surface area (Å²) in [7, 11) is 0. The molecule has 0 saturated heterocycles. The maximum Gasteiger partial charge on any atom is 0.407 e. The Balaban J connectivity index is 1.70. The Kier molecular flexibility index (Phi) is 4.83. The van der Waals surface area contributed by atoms with Gasteiger partial charge < -0.3 is 14.9 Å². The van der Waals surface area contributed by atoms with Crippen molar-refractivity contribution in [3.63, 3.8) is 0 Å². The molecule has 0 aliphatic carbocycles. The van der Waals surface area contributed by atoms with Crippen molar-refractivity contribution in [3.05, 3.63) is 35.9 Å². The Morgan fingerprint density at radius 1 is 1.38 bits per heavy atom. The molecule has 1 unspecified atom stereocenters. The highest BCUT2D eigenvalue weighted by atomic mass is 16.6. The number of hydrogen-bond donors (Lipinski definition) is 1. The highest BCUT2D eigenvalue weighted by Crippen LogP contribution is 2.18. The number of rotatable bonds is 4. The molecule has 1 aliphatic rings. The summed E-state index contributed by atoms with van der Waals surface area (Å²) in [5, 5.41) is 6.85. The minimum Gasteiger partial charge on any atom is -0.444 e. The fourth-order valence-corrected chi connectivity index (χ4v) is 2.03. The van der Waals surface area contributed by atoms with Gasteiger partial charge in [0.05, 0.1) is 5.71 Å². The summed E-state index contributed by atoms with van der Waals surface area (Å²) in [6.07, 6.45) is 1.08. The molecule has 0 saturated carbocycles. The lowest BCUT2D eigenvalue weighted by molar-refractivity contribution is 0.0496. The maximum atomic E-state index is 11.5. The molecule has 1 aromatic rings. The number of amides is 1. The Morgan fingerprint density at radius 2 is 2.10 bits per heavy atom. The lowest BCUT2D eigenvalue weighted by Gasteiger charge is -2.19. The second kappa shape index (κ2) is 6.61. The number of alkyl carbamates (subject to hydrolysis) is 1. The molecule has 114 valence electrons. The first-order chi connectivity index (χ1) is 9.94. The quantitative estimate of drug-likeness (QED) is 0.927. The van der Waals surface area contributed by atoms with E-state index in [1.807, 2.05) is 51.1 Å². The van der Waals surface area contributed by atoms with E-state index < -0.39 is 11.7 Å². The van der Waals surface area contributed by atoms with Crippen LogP contribution in [0.15, 0.2) is 35.5 Å². The van der Waals surface area contributed by atoms with Crippen LogP contribution >= 0.6 is 0 Å². The molecule has 5 heteroatoms. The maximum absolute atomic E-state index is 11.5. The van der Waals surface area contributed by atoms with Gasteiger partial charge in [-0.05, 0) is 26.3 Å². The van der Waals surface area contributed by atoms with Crippen LogP contribution in [0, 0.1) is 0 Å². The topological polar surface area (TPSA) is 59.9 Å². The zero-order chi connectivity index (χ0) is 15.3. The molecule has 21 heavy (non-hydrogen) atoms. The Bertz CT molecular complexity index is 506. The summed E-state index contributed by atoms with van der Waals surface area (Å²) < 4.78 is 5.17. The Hall–Kier alpha value is -2.04. The number of carbonyl (C=O) groups is 1. The molecular formula is C16H22N2O3. The van der Waals surface area contributed by atoms with E-state index in [0.717, 1.165) is 17.7 Å². The molecule has 0 aromatic heterocycles. The predicted octanol–water partition coefficient (Wildman–Crippen LogP) is 3.09. The Labute approximate surface area is 125 Å². The SMILES string of the molecule is CC(C)(C)OC(=O)NCCC1CC(c2ccccc2)=NO1. The van der Waals surface area contributed by atoms with E-state index in [1.165, 1.54) is 0 Å². The summed E-state index contributed by atoms with van der Waals surface area (Å²) in [4.78, 5) is 16.9. The molecule has 0 radical (unpaired) electrons. The van der Waals surface area contributed by atoms with Crippen LogP contribution in [0.3, 0.4) is 0 Å². The van der Waals surface area contributed by atoms with Crippen LogP contribution in [0.4, 0.5) is 4.79 Å². The molecule has 1 aromatic carbocycles. The summed E-state index contributed by atoms with van der Waals surface area (Å²) >= 11 is 0. The van der Waals surface area contributed by atoms with E-state index >= 15 is 0 Å². The molecule has 1 aliphatic heterocycles. The van der Waals surface area contributed by atoms with Crippen molar-refractivity contribution in [3.8, 4) is 0 Å². The zero-order valence-electron chi connectivity index (χ0n) is 12.8. The summed E-state index contributed by atoms with van der Waals surface area (Å²) in [5.41, 5.74) is 1.57. The number of benzene rings is 1. The van der Waals surface area contributed by atoms with Crippen LogP contribution in [0.5, 0.6) is 0 Å². The summed E-state index contributed by atoms with van der Waals surface area (Å²) in [5.74, 6) is 0. The number of oxime groups is 1. The van der Waals surface area contributed by atoms with E-state index in [4.69, 9.17) is 9.57 Å². The third-order valence-corrected chi connectivity index (χ3v) is 2.97. The van der Waals surface area contributed by atoms with Crippen molar-refractivity contribution in [2.45, 2.75) is 45.3 Å². The standard InChI is InChI=1S/C16H22N2O3/c1-16(2,3)20-15(19)17-10-9-13-11-14(18-21-13)12-7-5-4-6-8-12/h4-8,13H,9-11H2,1-3H3,(H,17,19). The number of nitrogens with zero attached hydrogens (tertiary/aromatic N) is 1. The van der Waals surface area contributed by atoms with Crippen LogP contribution in [0.1, 0.15) is 39.2 Å². The van der Waals surface area contributed by atoms with Crippen LogP contribution in [-0.2, 0) is 9.57 Å². The highest BCUT2D eigenvalue weighted by Gasteiger charge is 2.22. The average Bonchev–Trinajstić information content (AvgIpc) is 2.86. The van der Waals surface area contributed by atoms with Crippen LogP contribution in [0.25, 0.3) is 0 Å². The van der Waals surface area contributed by atoms with Gasteiger partial charge in [-0.2, -0.15) is 0 Å². The molecule has 1 N–H and O–H groups in total. The van der Waals surface area contributed by atoms with E-state index in [0.29, 0.717) is 13.0 Å². The molecule has 5 nitrogen and oxygen atoms in total. The first-order valence-corrected chi connectivity index (χ1v) is 7.19. The molecule has 1 atom stereocenters. The van der Waals surface area contributed by atoms with Gasteiger partial charge in [0.1, 0.15) is 11.7 Å². The van der Waals surface area contributed by atoms with E-state index in [2.05, 4.69) is 10.5 Å². The molecule has 0 fully saturated rings. The fraction of sp³-hybridized carbons (Fsp3) is 0.500. The van der Waals surface area contributed by atoms with Gasteiger partial charge in [-0.25, -0.2) is 4.79 Å². The van der Waals surface area contributed by atoms with Gasteiger partial charge in [-0.1, -0.05) is 35.5 Å². The molecule has 2 rings (SSSR count). The molecule has 0 spiro atoms. The van der Waals surface area contributed by atoms with Gasteiger partial charge in [0.25, 0.3) is 0 Å². The van der Waals surface area contributed by atoms with Crippen molar-refractivity contribution in [2.24, 2.45) is 5.16 Å². The second-order valence-electron chi connectivity index (χ2n) is 6.05. The van der Waals surface area contributed by atoms with Crippen molar-refractivity contribution >= 4 is 11.8 Å². The second-order valence-corrected chi connectivity index (χ2v) is 6.05. The van der Waals surface area contributed by atoms with Gasteiger partial charge in [0.15, 0.2) is 0 Å². The number of hydrogen-bond acceptors (Lipinski definition) is 4. The van der Waals surface area contributed by atoms with Gasteiger partial charge in [0, 0.05) is 19.4 Å². The first kappa shape index (κ1) is 15.4. The number of ether oxygens (including phenoxy) is 1. The van der Waals surface area contributed by atoms with Gasteiger partial charge in [0.2, 0.25) is 0 Å². The van der Waals surface area contributed by atoms with Crippen molar-refractivity contribution in [2.75, 3.05) is 6.54 Å². The molecule has 1 heterocycles. The minimum atomic E-state index is -0.475. The summed E-state index contributed by atoms with van der Waals surface area (Å²) in [6.45, 7) is 6.03. The number of carbonyl (C=O) groups excluding carboxylic acids is 1. The van der Waals surface area contributed by atoms with Crippen LogP contribution in [0.2, 0.25) is 0 Å². The zero-order valence-corrected chi connectivity index (χ0v) is 12.8. The van der Waals surface area contributed by atoms with Crippen molar-refractivity contribution < 1.29 is 14.4 Å². The molecule has 0 bridgehead atoms. The molecular weight excluding hydrogens is 268 g/mol. The number of nitrogens with one attached hydrogen (secondary N) is 1. The van der Waals surface area contributed by atoms with Crippen LogP contribution < -0.4 is 5.32 Å². The highest BCUT2D eigenvalue weighted by molar-refractivity contribution is 6.01. The predicted molar refractivity (Wildman–Crippen MR) is 81.3 cm³/mol. The normalized spacial score (nSPS) is 17.9. The van der Waals surface area contributed by atoms with Crippen molar-refractivity contribution in [1.29, 1.82) is 0 Å². The molecule has 1 amide bonds. The van der Waals surface area contributed by atoms with Crippen LogP contribution in [-0.4, -0.2) is 30.1 Å². The largest absolute Gasteiger partial charge is 0.444 e. The van der Waals surface area contributed by atoms with Gasteiger partial charge in [-0.3, -0.25) is 0 Å². The average molecular weight is 290 g/mol. The first-order valence-electron chi connectivity index (χ1n) is 7.19. The summed E-state index contributed by atoms with van der Waals surface area (Å²) in [6, 6.07) is 9.97. The van der Waals surface area contributed by atoms with E-state index in [9.17, 15) is 4.79 Å². The van der Waals surface area contributed by atoms with Gasteiger partial charge >= 0.3 is 6.09 Å². The lowest BCUT2D eigenvalue weighted by atomic mass is 10.0. The Morgan fingerprint density at radius 3 is 2.76 bits per heavy atom. The monoisotopic (exact) mass is 290 g/mol. The van der Waals surface area contributed by atoms with E-state index in [1.54, 1.807) is 0 Å². The third-order valence-electron chi connectivity index (χ3n) is 2.97. The lowest BCUT2D eigenvalue weighted by Crippen LogP contribution is -2.34. The van der Waals surface area contributed by atoms with Gasteiger partial charge in [-0.15, -0.1) is 0 Å².